The molecule has 0 aliphatic carbocycles. The van der Waals surface area contributed by atoms with Gasteiger partial charge in [-0.2, -0.15) is 0 Å². The highest BCUT2D eigenvalue weighted by Crippen LogP contribution is 2.25. The number of hydrogen-bond acceptors (Lipinski definition) is 4. The quantitative estimate of drug-likeness (QED) is 0.782. The first kappa shape index (κ1) is 14.8. The predicted octanol–water partition coefficient (Wildman–Crippen LogP) is 2.66. The lowest BCUT2D eigenvalue weighted by atomic mass is 9.89. The summed E-state index contributed by atoms with van der Waals surface area (Å²) < 4.78 is 5.72. The van der Waals surface area contributed by atoms with E-state index in [0.29, 0.717) is 6.54 Å². The standard InChI is InChI=1S/C14H25N3O/c1-11(2)18-12-6-5-9-16-13(12)17-10-14(3,4)7-8-15/h5-6,9,11H,7-8,10,15H2,1-4H3,(H,16,17). The summed E-state index contributed by atoms with van der Waals surface area (Å²) in [6, 6.07) is 3.82. The fraction of sp³-hybridized carbons (Fsp3) is 0.643. The van der Waals surface area contributed by atoms with Gasteiger partial charge in [0.05, 0.1) is 6.10 Å². The summed E-state index contributed by atoms with van der Waals surface area (Å²) in [6.07, 6.45) is 2.89. The monoisotopic (exact) mass is 251 g/mol. The van der Waals surface area contributed by atoms with E-state index in [-0.39, 0.29) is 11.5 Å². The third kappa shape index (κ3) is 4.92. The molecule has 0 aliphatic heterocycles. The van der Waals surface area contributed by atoms with Gasteiger partial charge in [-0.15, -0.1) is 0 Å². The molecule has 0 aromatic carbocycles. The Morgan fingerprint density at radius 2 is 2.17 bits per heavy atom. The van der Waals surface area contributed by atoms with Crippen LogP contribution < -0.4 is 15.8 Å². The van der Waals surface area contributed by atoms with Crippen molar-refractivity contribution >= 4 is 5.82 Å². The van der Waals surface area contributed by atoms with Crippen molar-refractivity contribution < 1.29 is 4.74 Å². The van der Waals surface area contributed by atoms with Gasteiger partial charge in [0.25, 0.3) is 0 Å². The average molecular weight is 251 g/mol. The molecule has 0 fully saturated rings. The zero-order valence-corrected chi connectivity index (χ0v) is 11.9. The Balaban J connectivity index is 2.66. The van der Waals surface area contributed by atoms with Gasteiger partial charge in [0.2, 0.25) is 0 Å². The van der Waals surface area contributed by atoms with Crippen LogP contribution in [0.1, 0.15) is 34.1 Å². The third-order valence-electron chi connectivity index (χ3n) is 2.69. The van der Waals surface area contributed by atoms with Crippen LogP contribution in [0.25, 0.3) is 0 Å². The Morgan fingerprint density at radius 1 is 1.44 bits per heavy atom. The van der Waals surface area contributed by atoms with Crippen LogP contribution in [0.3, 0.4) is 0 Å². The molecule has 3 N–H and O–H groups in total. The molecule has 1 aromatic rings. The van der Waals surface area contributed by atoms with Crippen LogP contribution in [-0.4, -0.2) is 24.2 Å². The van der Waals surface area contributed by atoms with Crippen molar-refractivity contribution in [1.29, 1.82) is 0 Å². The Hall–Kier alpha value is -1.29. The van der Waals surface area contributed by atoms with E-state index in [0.717, 1.165) is 24.5 Å². The maximum Gasteiger partial charge on any atom is 0.168 e. The second-order valence-corrected chi connectivity index (χ2v) is 5.57. The molecule has 4 heteroatoms. The van der Waals surface area contributed by atoms with Crippen molar-refractivity contribution in [2.75, 3.05) is 18.4 Å². The van der Waals surface area contributed by atoms with E-state index in [4.69, 9.17) is 10.5 Å². The Bertz CT molecular complexity index is 364. The first-order valence-electron chi connectivity index (χ1n) is 6.50. The molecule has 0 saturated carbocycles. The van der Waals surface area contributed by atoms with Crippen molar-refractivity contribution in [2.45, 2.75) is 40.2 Å². The van der Waals surface area contributed by atoms with E-state index in [1.807, 2.05) is 26.0 Å². The summed E-state index contributed by atoms with van der Waals surface area (Å²) in [5.41, 5.74) is 5.77. The average Bonchev–Trinajstić information content (AvgIpc) is 2.27. The van der Waals surface area contributed by atoms with Crippen LogP contribution >= 0.6 is 0 Å². The molecule has 0 bridgehead atoms. The van der Waals surface area contributed by atoms with Gasteiger partial charge in [0, 0.05) is 12.7 Å². The highest BCUT2D eigenvalue weighted by atomic mass is 16.5. The van der Waals surface area contributed by atoms with Crippen LogP contribution in [-0.2, 0) is 0 Å². The molecule has 0 atom stereocenters. The Labute approximate surface area is 110 Å². The normalized spacial score (nSPS) is 11.7. The van der Waals surface area contributed by atoms with E-state index in [9.17, 15) is 0 Å². The number of nitrogens with one attached hydrogen (secondary N) is 1. The molecule has 0 spiro atoms. The molecule has 1 rings (SSSR count). The second kappa shape index (κ2) is 6.59. The minimum Gasteiger partial charge on any atom is -0.487 e. The molecular weight excluding hydrogens is 226 g/mol. The van der Waals surface area contributed by atoms with E-state index in [1.165, 1.54) is 0 Å². The summed E-state index contributed by atoms with van der Waals surface area (Å²) in [4.78, 5) is 4.33. The molecule has 0 aliphatic rings. The van der Waals surface area contributed by atoms with E-state index >= 15 is 0 Å². The number of hydrogen-bond donors (Lipinski definition) is 2. The summed E-state index contributed by atoms with van der Waals surface area (Å²) >= 11 is 0. The van der Waals surface area contributed by atoms with E-state index < -0.39 is 0 Å². The highest BCUT2D eigenvalue weighted by molar-refractivity contribution is 5.49. The zero-order valence-electron chi connectivity index (χ0n) is 11.9. The maximum atomic E-state index is 5.72. The predicted molar refractivity (Wildman–Crippen MR) is 75.9 cm³/mol. The number of anilines is 1. The fourth-order valence-corrected chi connectivity index (χ4v) is 1.67. The number of nitrogens with two attached hydrogens (primary N) is 1. The van der Waals surface area contributed by atoms with Crippen LogP contribution in [0, 0.1) is 5.41 Å². The molecule has 18 heavy (non-hydrogen) atoms. The molecule has 0 saturated heterocycles. The van der Waals surface area contributed by atoms with E-state index in [2.05, 4.69) is 24.1 Å². The van der Waals surface area contributed by atoms with Gasteiger partial charge in [0.15, 0.2) is 11.6 Å². The molecule has 0 amide bonds. The van der Waals surface area contributed by atoms with Crippen molar-refractivity contribution in [3.8, 4) is 5.75 Å². The molecule has 1 heterocycles. The molecule has 0 radical (unpaired) electrons. The largest absolute Gasteiger partial charge is 0.487 e. The van der Waals surface area contributed by atoms with Crippen molar-refractivity contribution in [3.63, 3.8) is 0 Å². The third-order valence-corrected chi connectivity index (χ3v) is 2.69. The molecule has 4 nitrogen and oxygen atoms in total. The van der Waals surface area contributed by atoms with Gasteiger partial charge in [-0.3, -0.25) is 0 Å². The Kier molecular flexibility index (Phi) is 5.41. The SMILES string of the molecule is CC(C)Oc1cccnc1NCC(C)(C)CCN. The van der Waals surface area contributed by atoms with Crippen molar-refractivity contribution in [1.82, 2.24) is 4.98 Å². The van der Waals surface area contributed by atoms with Gasteiger partial charge >= 0.3 is 0 Å². The van der Waals surface area contributed by atoms with Gasteiger partial charge < -0.3 is 15.8 Å². The topological polar surface area (TPSA) is 60.2 Å². The minimum atomic E-state index is 0.145. The Morgan fingerprint density at radius 3 is 2.78 bits per heavy atom. The molecule has 102 valence electrons. The number of pyridine rings is 1. The van der Waals surface area contributed by atoms with E-state index in [1.54, 1.807) is 6.20 Å². The van der Waals surface area contributed by atoms with Gasteiger partial charge in [-0.25, -0.2) is 4.98 Å². The van der Waals surface area contributed by atoms with Gasteiger partial charge in [-0.05, 0) is 44.4 Å². The fourth-order valence-electron chi connectivity index (χ4n) is 1.67. The maximum absolute atomic E-state index is 5.72. The van der Waals surface area contributed by atoms with Crippen molar-refractivity contribution in [2.24, 2.45) is 11.1 Å². The number of ether oxygens (including phenoxy) is 1. The molecule has 1 aromatic heterocycles. The smallest absolute Gasteiger partial charge is 0.168 e. The van der Waals surface area contributed by atoms with Crippen molar-refractivity contribution in [3.05, 3.63) is 18.3 Å². The lowest BCUT2D eigenvalue weighted by molar-refractivity contribution is 0.242. The summed E-state index contributed by atoms with van der Waals surface area (Å²) in [7, 11) is 0. The molecule has 0 unspecified atom stereocenters. The molecular formula is C14H25N3O. The van der Waals surface area contributed by atoms with Crippen LogP contribution in [0.4, 0.5) is 5.82 Å². The first-order valence-corrected chi connectivity index (χ1v) is 6.50. The summed E-state index contributed by atoms with van der Waals surface area (Å²) in [5, 5.41) is 3.35. The first-order chi connectivity index (χ1) is 8.44. The highest BCUT2D eigenvalue weighted by Gasteiger charge is 2.17. The zero-order chi connectivity index (χ0) is 13.6. The summed E-state index contributed by atoms with van der Waals surface area (Å²) in [5.74, 6) is 1.60. The van der Waals surface area contributed by atoms with Crippen LogP contribution in [0.15, 0.2) is 18.3 Å². The lowest BCUT2D eigenvalue weighted by Crippen LogP contribution is -2.26. The van der Waals surface area contributed by atoms with Crippen LogP contribution in [0.5, 0.6) is 5.75 Å². The second-order valence-electron chi connectivity index (χ2n) is 5.57. The number of aromatic nitrogens is 1. The van der Waals surface area contributed by atoms with Crippen LogP contribution in [0.2, 0.25) is 0 Å². The number of nitrogens with zero attached hydrogens (tertiary/aromatic N) is 1. The van der Waals surface area contributed by atoms with Gasteiger partial charge in [-0.1, -0.05) is 13.8 Å². The lowest BCUT2D eigenvalue weighted by Gasteiger charge is -2.25. The van der Waals surface area contributed by atoms with Gasteiger partial charge in [0.1, 0.15) is 0 Å². The summed E-state index contributed by atoms with van der Waals surface area (Å²) in [6.45, 7) is 9.93. The minimum absolute atomic E-state index is 0.145. The number of rotatable bonds is 7.